The van der Waals surface area contributed by atoms with E-state index < -0.39 is 0 Å². The molecule has 0 aromatic heterocycles. The summed E-state index contributed by atoms with van der Waals surface area (Å²) >= 11 is 1.87. The topological polar surface area (TPSA) is 20.3 Å². The summed E-state index contributed by atoms with van der Waals surface area (Å²) in [6.07, 6.45) is 0.940. The van der Waals surface area contributed by atoms with Crippen molar-refractivity contribution in [3.05, 3.63) is 60.7 Å². The predicted octanol–water partition coefficient (Wildman–Crippen LogP) is 5.49. The first-order chi connectivity index (χ1) is 11.9. The van der Waals surface area contributed by atoms with Gasteiger partial charge in [0.25, 0.3) is 0 Å². The van der Waals surface area contributed by atoms with Crippen LogP contribution in [0.2, 0.25) is 0 Å². The van der Waals surface area contributed by atoms with E-state index >= 15 is 0 Å². The fraction of sp³-hybridized carbons (Fsp3) is 0.409. The van der Waals surface area contributed by atoms with Gasteiger partial charge in [-0.3, -0.25) is 4.79 Å². The molecule has 0 aliphatic carbocycles. The fourth-order valence-electron chi connectivity index (χ4n) is 3.50. The molecule has 0 bridgehead atoms. The molecule has 1 saturated heterocycles. The average molecular weight is 354 g/mol. The summed E-state index contributed by atoms with van der Waals surface area (Å²) in [6.45, 7) is 7.51. The maximum atomic E-state index is 13.1. The van der Waals surface area contributed by atoms with Gasteiger partial charge >= 0.3 is 0 Å². The molecule has 2 aromatic rings. The zero-order valence-electron chi connectivity index (χ0n) is 15.3. The lowest BCUT2D eigenvalue weighted by atomic mass is 9.80. The number of para-hydroxylation sites is 1. The molecule has 0 saturated carbocycles. The van der Waals surface area contributed by atoms with Crippen LogP contribution in [-0.2, 0) is 4.79 Å². The molecule has 132 valence electrons. The summed E-state index contributed by atoms with van der Waals surface area (Å²) in [6, 6.07) is 20.6. The summed E-state index contributed by atoms with van der Waals surface area (Å²) in [5.41, 5.74) is 1.18. The van der Waals surface area contributed by atoms with E-state index in [1.165, 1.54) is 4.90 Å². The van der Waals surface area contributed by atoms with Crippen molar-refractivity contribution >= 4 is 23.4 Å². The first-order valence-electron chi connectivity index (χ1n) is 8.98. The maximum Gasteiger partial charge on any atom is 0.230 e. The van der Waals surface area contributed by atoms with Crippen LogP contribution in [0.3, 0.4) is 0 Å². The number of hydrogen-bond acceptors (Lipinski definition) is 2. The Hall–Kier alpha value is -1.74. The normalized spacial score (nSPS) is 20.9. The summed E-state index contributed by atoms with van der Waals surface area (Å²) in [7, 11) is 0. The highest BCUT2D eigenvalue weighted by Crippen LogP contribution is 2.39. The minimum absolute atomic E-state index is 0.108. The average Bonchev–Trinajstić information content (AvgIpc) is 2.89. The van der Waals surface area contributed by atoms with Gasteiger partial charge in [-0.2, -0.15) is 0 Å². The van der Waals surface area contributed by atoms with Crippen molar-refractivity contribution in [3.63, 3.8) is 0 Å². The van der Waals surface area contributed by atoms with Crippen LogP contribution in [0.15, 0.2) is 65.6 Å². The van der Waals surface area contributed by atoms with E-state index in [-0.39, 0.29) is 11.3 Å². The molecule has 1 aliphatic heterocycles. The summed E-state index contributed by atoms with van der Waals surface area (Å²) in [5, 5.41) is 0. The van der Waals surface area contributed by atoms with Crippen LogP contribution in [-0.4, -0.2) is 18.2 Å². The number of amides is 1. The molecule has 1 fully saturated rings. The second kappa shape index (κ2) is 7.65. The lowest BCUT2D eigenvalue weighted by molar-refractivity contribution is -0.121. The zero-order valence-corrected chi connectivity index (χ0v) is 16.1. The van der Waals surface area contributed by atoms with Crippen LogP contribution in [0, 0.1) is 17.3 Å². The monoisotopic (exact) mass is 353 g/mol. The minimum atomic E-state index is 0.108. The lowest BCUT2D eigenvalue weighted by Gasteiger charge is -2.25. The summed E-state index contributed by atoms with van der Waals surface area (Å²) in [4.78, 5) is 16.4. The molecule has 0 spiro atoms. The number of carbonyl (C=O) groups excluding carboxylic acids is 1. The molecule has 0 radical (unpaired) electrons. The quantitative estimate of drug-likeness (QED) is 0.662. The predicted molar refractivity (Wildman–Crippen MR) is 107 cm³/mol. The minimum Gasteiger partial charge on any atom is -0.312 e. The van der Waals surface area contributed by atoms with Gasteiger partial charge in [0.2, 0.25) is 5.91 Å². The highest BCUT2D eigenvalue weighted by molar-refractivity contribution is 7.99. The van der Waals surface area contributed by atoms with E-state index in [9.17, 15) is 4.79 Å². The van der Waals surface area contributed by atoms with Crippen LogP contribution < -0.4 is 4.90 Å². The molecule has 2 aromatic carbocycles. The Balaban J connectivity index is 1.77. The van der Waals surface area contributed by atoms with Crippen LogP contribution in [0.25, 0.3) is 0 Å². The van der Waals surface area contributed by atoms with Gasteiger partial charge < -0.3 is 4.90 Å². The van der Waals surface area contributed by atoms with Crippen molar-refractivity contribution in [2.24, 2.45) is 17.3 Å². The van der Waals surface area contributed by atoms with E-state index in [2.05, 4.69) is 45.0 Å². The van der Waals surface area contributed by atoms with Gasteiger partial charge in [-0.25, -0.2) is 0 Å². The van der Waals surface area contributed by atoms with Gasteiger partial charge in [-0.1, -0.05) is 57.2 Å². The van der Waals surface area contributed by atoms with E-state index in [1.807, 2.05) is 53.1 Å². The molecule has 0 N–H and O–H groups in total. The highest BCUT2D eigenvalue weighted by atomic mass is 32.2. The van der Waals surface area contributed by atoms with Crippen molar-refractivity contribution in [3.8, 4) is 0 Å². The van der Waals surface area contributed by atoms with Crippen molar-refractivity contribution in [2.45, 2.75) is 32.1 Å². The van der Waals surface area contributed by atoms with Crippen LogP contribution >= 0.6 is 11.8 Å². The van der Waals surface area contributed by atoms with Crippen molar-refractivity contribution in [1.29, 1.82) is 0 Å². The lowest BCUT2D eigenvalue weighted by Crippen LogP contribution is -2.28. The summed E-state index contributed by atoms with van der Waals surface area (Å²) in [5.74, 6) is 1.77. The highest BCUT2D eigenvalue weighted by Gasteiger charge is 2.42. The smallest absolute Gasteiger partial charge is 0.230 e. The number of carbonyl (C=O) groups is 1. The van der Waals surface area contributed by atoms with Crippen molar-refractivity contribution in [1.82, 2.24) is 0 Å². The first kappa shape index (κ1) is 18.1. The third kappa shape index (κ3) is 4.66. The molecule has 2 nitrogen and oxygen atoms in total. The van der Waals surface area contributed by atoms with E-state index in [1.54, 1.807) is 0 Å². The standard InChI is InChI=1S/C22H27NOS/c1-22(2,3)14-20-17(16-25-19-12-8-5-9-13-19)15-23(21(20)24)18-10-6-4-7-11-18/h4-13,17,20H,14-16H2,1-3H3/t17-,20-/m0/s1. The Morgan fingerprint density at radius 2 is 1.60 bits per heavy atom. The van der Waals surface area contributed by atoms with E-state index in [0.29, 0.717) is 11.8 Å². The Bertz CT molecular complexity index is 693. The number of benzene rings is 2. The van der Waals surface area contributed by atoms with E-state index in [0.717, 1.165) is 24.4 Å². The van der Waals surface area contributed by atoms with Gasteiger partial charge in [-0.05, 0) is 42.0 Å². The van der Waals surface area contributed by atoms with Crippen molar-refractivity contribution < 1.29 is 4.79 Å². The van der Waals surface area contributed by atoms with Crippen LogP contribution in [0.5, 0.6) is 0 Å². The van der Waals surface area contributed by atoms with Gasteiger partial charge in [0, 0.05) is 28.8 Å². The molecule has 3 heteroatoms. The SMILES string of the molecule is CC(C)(C)C[C@@H]1C(=O)N(c2ccccc2)C[C@H]1CSc1ccccc1. The second-order valence-corrected chi connectivity index (χ2v) is 9.13. The Morgan fingerprint density at radius 3 is 2.20 bits per heavy atom. The summed E-state index contributed by atoms with van der Waals surface area (Å²) < 4.78 is 0. The Morgan fingerprint density at radius 1 is 1.00 bits per heavy atom. The van der Waals surface area contributed by atoms with Gasteiger partial charge in [-0.15, -0.1) is 11.8 Å². The van der Waals surface area contributed by atoms with Crippen molar-refractivity contribution in [2.75, 3.05) is 17.2 Å². The van der Waals surface area contributed by atoms with E-state index in [4.69, 9.17) is 0 Å². The third-order valence-electron chi connectivity index (χ3n) is 4.68. The van der Waals surface area contributed by atoms with Crippen LogP contribution in [0.1, 0.15) is 27.2 Å². The Labute approximate surface area is 155 Å². The number of nitrogens with zero attached hydrogens (tertiary/aromatic N) is 1. The molecule has 3 rings (SSSR count). The van der Waals surface area contributed by atoms with Gasteiger partial charge in [0.05, 0.1) is 0 Å². The molecule has 2 atom stereocenters. The third-order valence-corrected chi connectivity index (χ3v) is 5.88. The number of rotatable bonds is 5. The fourth-order valence-corrected chi connectivity index (χ4v) is 4.59. The number of thioether (sulfide) groups is 1. The zero-order chi connectivity index (χ0) is 17.9. The number of hydrogen-bond donors (Lipinski definition) is 0. The first-order valence-corrected chi connectivity index (χ1v) is 9.97. The second-order valence-electron chi connectivity index (χ2n) is 8.04. The maximum absolute atomic E-state index is 13.1. The largest absolute Gasteiger partial charge is 0.312 e. The molecule has 0 unspecified atom stereocenters. The molecule has 25 heavy (non-hydrogen) atoms. The molecular weight excluding hydrogens is 326 g/mol. The van der Waals surface area contributed by atoms with Gasteiger partial charge in [0.1, 0.15) is 0 Å². The van der Waals surface area contributed by atoms with Gasteiger partial charge in [0.15, 0.2) is 0 Å². The Kier molecular flexibility index (Phi) is 5.53. The number of anilines is 1. The molecular formula is C22H27NOS. The molecule has 1 heterocycles. The molecule has 1 aliphatic rings. The van der Waals surface area contributed by atoms with Crippen LogP contribution in [0.4, 0.5) is 5.69 Å². The molecule has 1 amide bonds.